The summed E-state index contributed by atoms with van der Waals surface area (Å²) >= 11 is 0. The van der Waals surface area contributed by atoms with E-state index in [0.29, 0.717) is 0 Å². The van der Waals surface area contributed by atoms with Crippen LogP contribution in [0.4, 0.5) is 0 Å². The average molecular weight is 240 g/mol. The zero-order chi connectivity index (χ0) is 12.8. The lowest BCUT2D eigenvalue weighted by molar-refractivity contribution is 0.440. The molecule has 3 rings (SSSR count). The fourth-order valence-corrected chi connectivity index (χ4v) is 2.88. The molecule has 0 saturated heterocycles. The van der Waals surface area contributed by atoms with Crippen molar-refractivity contribution < 1.29 is 0 Å². The number of aromatic amines is 1. The van der Waals surface area contributed by atoms with Gasteiger partial charge in [-0.25, -0.2) is 4.98 Å². The molecule has 0 fully saturated rings. The third-order valence-corrected chi connectivity index (χ3v) is 4.09. The monoisotopic (exact) mass is 240 g/mol. The van der Waals surface area contributed by atoms with Gasteiger partial charge in [-0.3, -0.25) is 4.79 Å². The quantitative estimate of drug-likeness (QED) is 0.833. The largest absolute Gasteiger partial charge is 0.313 e. The normalized spacial score (nSPS) is 21.2. The molecule has 3 nitrogen and oxygen atoms in total. The van der Waals surface area contributed by atoms with Crippen molar-refractivity contribution in [3.8, 4) is 11.3 Å². The Morgan fingerprint density at radius 2 is 2.17 bits per heavy atom. The highest BCUT2D eigenvalue weighted by Crippen LogP contribution is 2.41. The fourth-order valence-electron chi connectivity index (χ4n) is 2.88. The maximum atomic E-state index is 12.2. The smallest absolute Gasteiger partial charge is 0.255 e. The summed E-state index contributed by atoms with van der Waals surface area (Å²) in [6.07, 6.45) is 3.34. The lowest BCUT2D eigenvalue weighted by atomic mass is 9.69. The molecule has 0 unspecified atom stereocenters. The molecule has 92 valence electrons. The Balaban J connectivity index is 2.39. The third kappa shape index (κ3) is 1.43. The van der Waals surface area contributed by atoms with E-state index in [2.05, 4.69) is 35.9 Å². The van der Waals surface area contributed by atoms with Crippen molar-refractivity contribution in [3.63, 3.8) is 0 Å². The lowest BCUT2D eigenvalue weighted by Gasteiger charge is -2.34. The summed E-state index contributed by atoms with van der Waals surface area (Å²) in [6, 6.07) is 8.23. The standard InChI is InChI=1S/C15H16N2O/c1-3-15(2)8-10-6-4-5-7-11(10)13-12(15)14(18)17-9-16-13/h4-7,9H,3,8H2,1-2H3,(H,16,17,18)/t15-/m1/s1. The number of nitrogens with zero attached hydrogens (tertiary/aromatic N) is 1. The predicted octanol–water partition coefficient (Wildman–Crippen LogP) is 2.66. The second-order valence-electron chi connectivity index (χ2n) is 5.20. The zero-order valence-electron chi connectivity index (χ0n) is 10.7. The van der Waals surface area contributed by atoms with Crippen molar-refractivity contribution in [2.45, 2.75) is 32.1 Å². The Hall–Kier alpha value is -1.90. The number of hydrogen-bond donors (Lipinski definition) is 1. The molecule has 1 atom stereocenters. The van der Waals surface area contributed by atoms with E-state index < -0.39 is 0 Å². The minimum Gasteiger partial charge on any atom is -0.313 e. The molecule has 0 bridgehead atoms. The third-order valence-electron chi connectivity index (χ3n) is 4.09. The number of fused-ring (bicyclic) bond motifs is 3. The second kappa shape index (κ2) is 3.80. The first-order valence-electron chi connectivity index (χ1n) is 6.32. The molecule has 1 N–H and O–H groups in total. The van der Waals surface area contributed by atoms with Gasteiger partial charge in [-0.15, -0.1) is 0 Å². The van der Waals surface area contributed by atoms with Gasteiger partial charge in [-0.1, -0.05) is 38.1 Å². The lowest BCUT2D eigenvalue weighted by Crippen LogP contribution is -2.36. The maximum Gasteiger partial charge on any atom is 0.255 e. The summed E-state index contributed by atoms with van der Waals surface area (Å²) in [5.74, 6) is 0. The van der Waals surface area contributed by atoms with Crippen LogP contribution in [0.5, 0.6) is 0 Å². The summed E-state index contributed by atoms with van der Waals surface area (Å²) in [7, 11) is 0. The Bertz CT molecular complexity index is 660. The Kier molecular flexibility index (Phi) is 2.37. The molecule has 0 spiro atoms. The van der Waals surface area contributed by atoms with Crippen molar-refractivity contribution in [1.29, 1.82) is 0 Å². The van der Waals surface area contributed by atoms with Gasteiger partial charge in [0.25, 0.3) is 5.56 Å². The van der Waals surface area contributed by atoms with Crippen LogP contribution in [-0.2, 0) is 11.8 Å². The molecule has 0 radical (unpaired) electrons. The number of nitrogens with one attached hydrogen (secondary N) is 1. The molecule has 1 aliphatic carbocycles. The number of aromatic nitrogens is 2. The van der Waals surface area contributed by atoms with Gasteiger partial charge in [0.1, 0.15) is 0 Å². The van der Waals surface area contributed by atoms with Gasteiger partial charge < -0.3 is 4.98 Å². The minimum absolute atomic E-state index is 0.00106. The summed E-state index contributed by atoms with van der Waals surface area (Å²) < 4.78 is 0. The number of hydrogen-bond acceptors (Lipinski definition) is 2. The van der Waals surface area contributed by atoms with E-state index in [1.54, 1.807) is 0 Å². The van der Waals surface area contributed by atoms with Crippen LogP contribution in [0.2, 0.25) is 0 Å². The van der Waals surface area contributed by atoms with Crippen LogP contribution in [0, 0.1) is 0 Å². The van der Waals surface area contributed by atoms with Crippen LogP contribution in [0.25, 0.3) is 11.3 Å². The van der Waals surface area contributed by atoms with Crippen molar-refractivity contribution in [2.24, 2.45) is 0 Å². The van der Waals surface area contributed by atoms with Gasteiger partial charge in [0.2, 0.25) is 0 Å². The van der Waals surface area contributed by atoms with E-state index in [0.717, 1.165) is 29.7 Å². The topological polar surface area (TPSA) is 45.8 Å². The molecule has 0 amide bonds. The summed E-state index contributed by atoms with van der Waals surface area (Å²) in [5.41, 5.74) is 3.96. The molecule has 2 aromatic rings. The molecule has 18 heavy (non-hydrogen) atoms. The second-order valence-corrected chi connectivity index (χ2v) is 5.20. The average Bonchev–Trinajstić information content (AvgIpc) is 2.39. The van der Waals surface area contributed by atoms with Crippen molar-refractivity contribution in [3.05, 3.63) is 52.1 Å². The zero-order valence-corrected chi connectivity index (χ0v) is 10.7. The number of rotatable bonds is 1. The van der Waals surface area contributed by atoms with E-state index >= 15 is 0 Å². The molecule has 1 aromatic heterocycles. The first-order valence-corrected chi connectivity index (χ1v) is 6.32. The predicted molar refractivity (Wildman–Crippen MR) is 71.6 cm³/mol. The maximum absolute atomic E-state index is 12.2. The van der Waals surface area contributed by atoms with Gasteiger partial charge >= 0.3 is 0 Å². The van der Waals surface area contributed by atoms with Crippen LogP contribution in [-0.4, -0.2) is 9.97 Å². The van der Waals surface area contributed by atoms with Crippen LogP contribution >= 0.6 is 0 Å². The summed E-state index contributed by atoms with van der Waals surface area (Å²) in [6.45, 7) is 4.28. The first kappa shape index (κ1) is 11.2. The van der Waals surface area contributed by atoms with E-state index in [9.17, 15) is 4.79 Å². The van der Waals surface area contributed by atoms with Crippen molar-refractivity contribution >= 4 is 0 Å². The highest BCUT2D eigenvalue weighted by atomic mass is 16.1. The van der Waals surface area contributed by atoms with Gasteiger partial charge in [0, 0.05) is 16.5 Å². The molecular weight excluding hydrogens is 224 g/mol. The first-order chi connectivity index (χ1) is 8.65. The molecule has 1 aliphatic rings. The highest BCUT2D eigenvalue weighted by molar-refractivity contribution is 5.71. The Labute approximate surface area is 106 Å². The van der Waals surface area contributed by atoms with E-state index in [-0.39, 0.29) is 11.0 Å². The molecule has 0 aliphatic heterocycles. The van der Waals surface area contributed by atoms with Crippen molar-refractivity contribution in [1.82, 2.24) is 9.97 Å². The minimum atomic E-state index is -0.120. The molecular formula is C15H16N2O. The van der Waals surface area contributed by atoms with Crippen molar-refractivity contribution in [2.75, 3.05) is 0 Å². The molecule has 3 heteroatoms. The van der Waals surface area contributed by atoms with Crippen LogP contribution < -0.4 is 5.56 Å². The van der Waals surface area contributed by atoms with E-state index in [4.69, 9.17) is 0 Å². The van der Waals surface area contributed by atoms with Gasteiger partial charge in [0.05, 0.1) is 12.0 Å². The highest BCUT2D eigenvalue weighted by Gasteiger charge is 2.36. The van der Waals surface area contributed by atoms with Crippen LogP contribution in [0.3, 0.4) is 0 Å². The number of H-pyrrole nitrogens is 1. The van der Waals surface area contributed by atoms with Gasteiger partial charge in [0.15, 0.2) is 0 Å². The van der Waals surface area contributed by atoms with Gasteiger partial charge in [-0.05, 0) is 18.4 Å². The SMILES string of the molecule is CC[C@]1(C)Cc2ccccc2-c2nc[nH]c(=O)c21. The Morgan fingerprint density at radius 3 is 2.94 bits per heavy atom. The van der Waals surface area contributed by atoms with Crippen LogP contribution in [0.1, 0.15) is 31.4 Å². The Morgan fingerprint density at radius 1 is 1.39 bits per heavy atom. The van der Waals surface area contributed by atoms with E-state index in [1.807, 2.05) is 12.1 Å². The van der Waals surface area contributed by atoms with Gasteiger partial charge in [-0.2, -0.15) is 0 Å². The fraction of sp³-hybridized carbons (Fsp3) is 0.333. The van der Waals surface area contributed by atoms with Crippen LogP contribution in [0.15, 0.2) is 35.4 Å². The molecule has 1 heterocycles. The molecule has 0 saturated carbocycles. The number of benzene rings is 1. The summed E-state index contributed by atoms with van der Waals surface area (Å²) in [4.78, 5) is 19.3. The molecule has 1 aromatic carbocycles. The summed E-state index contributed by atoms with van der Waals surface area (Å²) in [5, 5.41) is 0. The van der Waals surface area contributed by atoms with E-state index in [1.165, 1.54) is 11.9 Å².